The van der Waals surface area contributed by atoms with Gasteiger partial charge in [-0.25, -0.2) is 9.59 Å². The molecule has 1 aliphatic carbocycles. The summed E-state index contributed by atoms with van der Waals surface area (Å²) in [6.45, 7) is 2.80. The van der Waals surface area contributed by atoms with Crippen LogP contribution in [0.3, 0.4) is 0 Å². The predicted molar refractivity (Wildman–Crippen MR) is 147 cm³/mol. The van der Waals surface area contributed by atoms with Crippen LogP contribution in [0.1, 0.15) is 45.5 Å². The molecule has 2 aromatic carbocycles. The van der Waals surface area contributed by atoms with E-state index >= 15 is 0 Å². The first kappa shape index (κ1) is 26.0. The van der Waals surface area contributed by atoms with Gasteiger partial charge < -0.3 is 29.3 Å². The van der Waals surface area contributed by atoms with Gasteiger partial charge >= 0.3 is 11.9 Å². The van der Waals surface area contributed by atoms with E-state index in [-0.39, 0.29) is 34.6 Å². The summed E-state index contributed by atoms with van der Waals surface area (Å²) >= 11 is 0. The lowest BCUT2D eigenvalue weighted by Gasteiger charge is -2.58. The third kappa shape index (κ3) is 3.53. The van der Waals surface area contributed by atoms with Crippen molar-refractivity contribution >= 4 is 23.5 Å². The zero-order valence-corrected chi connectivity index (χ0v) is 22.9. The van der Waals surface area contributed by atoms with Gasteiger partial charge in [0.2, 0.25) is 5.91 Å². The van der Waals surface area contributed by atoms with Gasteiger partial charge in [-0.15, -0.1) is 0 Å². The van der Waals surface area contributed by atoms with Gasteiger partial charge in [0.25, 0.3) is 0 Å². The second-order valence-electron chi connectivity index (χ2n) is 11.6. The Kier molecular flexibility index (Phi) is 5.92. The van der Waals surface area contributed by atoms with Crippen molar-refractivity contribution in [1.82, 2.24) is 4.90 Å². The number of amides is 1. The van der Waals surface area contributed by atoms with Crippen LogP contribution < -0.4 is 14.4 Å². The minimum absolute atomic E-state index is 0.0242. The van der Waals surface area contributed by atoms with E-state index < -0.39 is 11.9 Å². The van der Waals surface area contributed by atoms with E-state index in [0.29, 0.717) is 36.7 Å². The van der Waals surface area contributed by atoms with Crippen molar-refractivity contribution in [2.75, 3.05) is 38.8 Å². The van der Waals surface area contributed by atoms with Gasteiger partial charge in [0, 0.05) is 30.0 Å². The Morgan fingerprint density at radius 3 is 2.39 bits per heavy atom. The third-order valence-electron chi connectivity index (χ3n) is 10.2. The highest BCUT2D eigenvalue weighted by Crippen LogP contribution is 2.66. The summed E-state index contributed by atoms with van der Waals surface area (Å²) in [7, 11) is 3.36. The molecule has 6 atom stereocenters. The molecule has 0 aromatic heterocycles. The van der Waals surface area contributed by atoms with Gasteiger partial charge in [-0.05, 0) is 49.1 Å². The number of methoxy groups -OCH3 is 2. The first-order chi connectivity index (χ1) is 19.8. The summed E-state index contributed by atoms with van der Waals surface area (Å²) in [5, 5.41) is 17.1. The van der Waals surface area contributed by atoms with Gasteiger partial charge in [-0.2, -0.15) is 0 Å². The van der Waals surface area contributed by atoms with Crippen molar-refractivity contribution in [2.45, 2.75) is 42.9 Å². The SMILES string of the molecule is COc1cc2c(cc1OC)[C@@]13CCN4CC5=CCO[C@H]6CC(=O)N2[C@H]1[C@H]6[C@H]5C[C@H]43.O=C(O)c1ccccc1C(=O)O. The molecule has 41 heavy (non-hydrogen) atoms. The van der Waals surface area contributed by atoms with Crippen molar-refractivity contribution in [3.63, 3.8) is 0 Å². The molecule has 214 valence electrons. The molecule has 4 fully saturated rings. The van der Waals surface area contributed by atoms with Crippen LogP contribution in [0.4, 0.5) is 5.69 Å². The van der Waals surface area contributed by atoms with Crippen LogP contribution in [0.25, 0.3) is 0 Å². The number of carboxylic acid groups (broad SMARTS) is 2. The topological polar surface area (TPSA) is 126 Å². The van der Waals surface area contributed by atoms with E-state index in [4.69, 9.17) is 24.4 Å². The molecule has 1 spiro atoms. The average molecular weight is 561 g/mol. The lowest BCUT2D eigenvalue weighted by molar-refractivity contribution is -0.132. The smallest absolute Gasteiger partial charge is 0.336 e. The number of anilines is 1. The molecule has 5 heterocycles. The highest BCUT2D eigenvalue weighted by molar-refractivity contribution is 6.01. The maximum absolute atomic E-state index is 13.5. The van der Waals surface area contributed by atoms with Crippen LogP contribution in [0.15, 0.2) is 48.0 Å². The number of benzene rings is 2. The number of hydrogen-bond donors (Lipinski definition) is 2. The molecular weight excluding hydrogens is 528 g/mol. The number of fused-ring (bicyclic) bond motifs is 2. The highest BCUT2D eigenvalue weighted by Gasteiger charge is 2.71. The summed E-state index contributed by atoms with van der Waals surface area (Å²) in [5.41, 5.74) is 3.47. The van der Waals surface area contributed by atoms with Crippen molar-refractivity contribution in [1.29, 1.82) is 0 Å². The standard InChI is InChI=1S/C23H26N2O4.C8H6O4/c1-27-16-8-14-15(9-17(16)28-2)25-20(26)10-18-21-13-7-19-23(14,22(21)25)4-5-24(19)11-12(13)3-6-29-18;9-7(10)5-3-1-2-4-6(5)8(11)12/h3,8-9,13,18-19,21-22H,4-7,10-11H2,1-2H3;1-4H,(H,9,10)(H,11,12)/t13-,18-,19-,21-,22-,23+;/m0./s1. The van der Waals surface area contributed by atoms with Crippen LogP contribution in [0.5, 0.6) is 11.5 Å². The van der Waals surface area contributed by atoms with Crippen LogP contribution in [-0.4, -0.2) is 85.1 Å². The number of carbonyl (C=O) groups is 3. The maximum Gasteiger partial charge on any atom is 0.336 e. The van der Waals surface area contributed by atoms with E-state index in [1.807, 2.05) is 6.07 Å². The minimum Gasteiger partial charge on any atom is -0.493 e. The van der Waals surface area contributed by atoms with E-state index in [0.717, 1.165) is 30.9 Å². The van der Waals surface area contributed by atoms with Crippen molar-refractivity contribution < 1.29 is 38.8 Å². The van der Waals surface area contributed by atoms with Gasteiger partial charge in [0.05, 0.1) is 56.2 Å². The molecule has 1 saturated carbocycles. The second-order valence-corrected chi connectivity index (χ2v) is 11.6. The number of ether oxygens (including phenoxy) is 3. The zero-order valence-electron chi connectivity index (χ0n) is 22.9. The fourth-order valence-electron chi connectivity index (χ4n) is 8.73. The number of carbonyl (C=O) groups excluding carboxylic acids is 1. The molecule has 8 rings (SSSR count). The summed E-state index contributed by atoms with van der Waals surface area (Å²) < 4.78 is 17.6. The lowest BCUT2D eigenvalue weighted by atomic mass is 9.53. The maximum atomic E-state index is 13.5. The predicted octanol–water partition coefficient (Wildman–Crippen LogP) is 3.19. The largest absolute Gasteiger partial charge is 0.493 e. The van der Waals surface area contributed by atoms with E-state index in [1.54, 1.807) is 19.8 Å². The van der Waals surface area contributed by atoms with Gasteiger partial charge in [-0.3, -0.25) is 9.69 Å². The van der Waals surface area contributed by atoms with Crippen molar-refractivity contribution in [2.24, 2.45) is 11.8 Å². The Bertz CT molecular complexity index is 1470. The summed E-state index contributed by atoms with van der Waals surface area (Å²) in [6.07, 6.45) is 5.11. The first-order valence-corrected chi connectivity index (χ1v) is 14.0. The zero-order chi connectivity index (χ0) is 28.6. The molecule has 6 aliphatic rings. The van der Waals surface area contributed by atoms with E-state index in [2.05, 4.69) is 21.9 Å². The molecule has 10 nitrogen and oxygen atoms in total. The monoisotopic (exact) mass is 560 g/mol. The average Bonchev–Trinajstić information content (AvgIpc) is 3.44. The number of nitrogens with zero attached hydrogens (tertiary/aromatic N) is 2. The van der Waals surface area contributed by atoms with Crippen LogP contribution in [0.2, 0.25) is 0 Å². The lowest BCUT2D eigenvalue weighted by Crippen LogP contribution is -2.69. The second kappa shape index (κ2) is 9.32. The molecule has 10 heteroatoms. The van der Waals surface area contributed by atoms with Crippen LogP contribution >= 0.6 is 0 Å². The molecule has 2 aromatic rings. The molecule has 0 unspecified atom stereocenters. The number of aromatic carboxylic acids is 2. The normalized spacial score (nSPS) is 31.8. The Morgan fingerprint density at radius 2 is 1.73 bits per heavy atom. The molecule has 5 aliphatic heterocycles. The molecular formula is C31H32N2O8. The summed E-state index contributed by atoms with van der Waals surface area (Å²) in [5.74, 6) is 0.116. The van der Waals surface area contributed by atoms with Crippen molar-refractivity contribution in [3.8, 4) is 11.5 Å². The Morgan fingerprint density at radius 1 is 1.05 bits per heavy atom. The van der Waals surface area contributed by atoms with Crippen molar-refractivity contribution in [3.05, 3.63) is 64.7 Å². The van der Waals surface area contributed by atoms with Crippen LogP contribution in [-0.2, 0) is 14.9 Å². The first-order valence-electron chi connectivity index (χ1n) is 14.0. The fraction of sp³-hybridized carbons (Fsp3) is 0.452. The highest BCUT2D eigenvalue weighted by atomic mass is 16.5. The minimum atomic E-state index is -1.23. The molecule has 1 amide bonds. The molecule has 2 bridgehead atoms. The Hall–Kier alpha value is -3.89. The molecule has 2 N–H and O–H groups in total. The number of piperidine rings is 2. The van der Waals surface area contributed by atoms with Gasteiger partial charge in [0.1, 0.15) is 0 Å². The number of carboxylic acids is 2. The van der Waals surface area contributed by atoms with Gasteiger partial charge in [-0.1, -0.05) is 23.8 Å². The van der Waals surface area contributed by atoms with E-state index in [9.17, 15) is 14.4 Å². The Balaban J connectivity index is 0.000000196. The summed E-state index contributed by atoms with van der Waals surface area (Å²) in [4.78, 5) is 39.2. The fourth-order valence-corrected chi connectivity index (χ4v) is 8.73. The molecule has 0 radical (unpaired) electrons. The summed E-state index contributed by atoms with van der Waals surface area (Å²) in [6, 6.07) is 10.3. The number of hydrogen-bond acceptors (Lipinski definition) is 7. The third-order valence-corrected chi connectivity index (χ3v) is 10.2. The Labute approximate surface area is 237 Å². The van der Waals surface area contributed by atoms with E-state index in [1.165, 1.54) is 36.2 Å². The number of rotatable bonds is 4. The quantitative estimate of drug-likeness (QED) is 0.542. The van der Waals surface area contributed by atoms with Gasteiger partial charge in [0.15, 0.2) is 11.5 Å². The molecule has 3 saturated heterocycles. The van der Waals surface area contributed by atoms with Crippen LogP contribution in [0, 0.1) is 11.8 Å².